The number of aliphatic hydroxyl groups is 3. The van der Waals surface area contributed by atoms with Crippen LogP contribution in [0, 0.1) is 17.5 Å². The van der Waals surface area contributed by atoms with Crippen molar-refractivity contribution in [2.45, 2.75) is 42.6 Å². The van der Waals surface area contributed by atoms with Gasteiger partial charge in [0, 0.05) is 11.8 Å². The Kier molecular flexibility index (Phi) is 5.13. The molecule has 8 nitrogen and oxygen atoms in total. The predicted octanol–water partition coefficient (Wildman–Crippen LogP) is 0.0653. The fourth-order valence-electron chi connectivity index (χ4n) is 3.92. The molecule has 158 valence electrons. The van der Waals surface area contributed by atoms with E-state index >= 15 is 0 Å². The number of aromatic nitrogens is 2. The Morgan fingerprint density at radius 3 is 2.48 bits per heavy atom. The van der Waals surface area contributed by atoms with Crippen LogP contribution >= 0.6 is 0 Å². The molecule has 1 aromatic heterocycles. The second kappa shape index (κ2) is 7.35. The van der Waals surface area contributed by atoms with Crippen LogP contribution in [0.15, 0.2) is 24.5 Å². The average Bonchev–Trinajstić information content (AvgIpc) is 3.31. The third-order valence-electron chi connectivity index (χ3n) is 5.48. The molecule has 1 aromatic carbocycles. The summed E-state index contributed by atoms with van der Waals surface area (Å²) < 4.78 is 52.7. The smallest absolute Gasteiger partial charge is 0.212 e. The molecular weight excluding hydrogens is 395 g/mol. The molecule has 4 rings (SSSR count). The summed E-state index contributed by atoms with van der Waals surface area (Å²) in [5, 5.41) is 35.2. The summed E-state index contributed by atoms with van der Waals surface area (Å²) in [7, 11) is 0. The van der Waals surface area contributed by atoms with Crippen LogP contribution in [0.1, 0.15) is 12.5 Å². The van der Waals surface area contributed by atoms with Gasteiger partial charge in [-0.15, -0.1) is 0 Å². The number of rotatable bonds is 3. The molecule has 6 atom stereocenters. The molecule has 5 N–H and O–H groups in total. The Labute approximate surface area is 163 Å². The zero-order chi connectivity index (χ0) is 20.9. The van der Waals surface area contributed by atoms with Crippen molar-refractivity contribution in [3.63, 3.8) is 0 Å². The van der Waals surface area contributed by atoms with Crippen LogP contribution in [0.5, 0.6) is 0 Å². The first-order chi connectivity index (χ1) is 13.8. The number of hydrogen-bond acceptors (Lipinski definition) is 7. The molecule has 1 spiro atoms. The van der Waals surface area contributed by atoms with E-state index in [9.17, 15) is 28.5 Å². The van der Waals surface area contributed by atoms with Crippen molar-refractivity contribution in [1.82, 2.24) is 9.78 Å². The lowest BCUT2D eigenvalue weighted by atomic mass is 9.87. The summed E-state index contributed by atoms with van der Waals surface area (Å²) in [6.45, 7) is -0.345. The summed E-state index contributed by atoms with van der Waals surface area (Å²) in [6.07, 6.45) is -0.968. The van der Waals surface area contributed by atoms with Crippen LogP contribution in [0.2, 0.25) is 0 Å². The van der Waals surface area contributed by atoms with Gasteiger partial charge < -0.3 is 30.5 Å². The van der Waals surface area contributed by atoms with Gasteiger partial charge in [-0.05, 0) is 24.1 Å². The quantitative estimate of drug-likeness (QED) is 0.523. The first kappa shape index (κ1) is 20.3. The number of hydrogen-bond donors (Lipinski definition) is 4. The van der Waals surface area contributed by atoms with Crippen molar-refractivity contribution in [3.8, 4) is 11.1 Å². The number of halogens is 3. The van der Waals surface area contributed by atoms with Gasteiger partial charge in [0.2, 0.25) is 5.79 Å². The van der Waals surface area contributed by atoms with E-state index in [1.165, 1.54) is 17.1 Å². The number of aliphatic hydroxyl groups excluding tert-OH is 3. The van der Waals surface area contributed by atoms with Crippen LogP contribution in [0.25, 0.3) is 11.1 Å². The fourth-order valence-corrected chi connectivity index (χ4v) is 3.92. The monoisotopic (exact) mass is 415 g/mol. The highest BCUT2D eigenvalue weighted by Gasteiger charge is 2.60. The third kappa shape index (κ3) is 3.14. The van der Waals surface area contributed by atoms with E-state index in [-0.39, 0.29) is 17.7 Å². The van der Waals surface area contributed by atoms with Crippen molar-refractivity contribution in [2.75, 3.05) is 13.2 Å². The van der Waals surface area contributed by atoms with Crippen LogP contribution in [0.3, 0.4) is 0 Å². The molecule has 0 radical (unpaired) electrons. The van der Waals surface area contributed by atoms with Crippen molar-refractivity contribution in [1.29, 1.82) is 0 Å². The summed E-state index contributed by atoms with van der Waals surface area (Å²) in [5.74, 6) is -5.94. The Hall–Kier alpha value is -2.02. The summed E-state index contributed by atoms with van der Waals surface area (Å²) >= 11 is 0. The minimum absolute atomic E-state index is 0.0194. The molecule has 3 heterocycles. The lowest BCUT2D eigenvalue weighted by molar-refractivity contribution is -0.343. The average molecular weight is 415 g/mol. The van der Waals surface area contributed by atoms with Crippen molar-refractivity contribution >= 4 is 0 Å². The number of ether oxygens (including phenoxy) is 2. The van der Waals surface area contributed by atoms with Crippen molar-refractivity contribution in [3.05, 3.63) is 42.0 Å². The standard InChI is InChI=1S/C18H20F3N3O5/c19-10-3-8(4-11(20)14(10)21)9-5-23-24(6-9)15-16(26)12(7-25)29-18(17(15)27)13(22)1-2-28-18/h3-6,12-13,15-17,25-27H,1-2,7,22H2/t12-,13-,15+,16+,17-,18+/m1/s1. The van der Waals surface area contributed by atoms with Gasteiger partial charge in [-0.2, -0.15) is 5.10 Å². The van der Waals surface area contributed by atoms with E-state index in [0.717, 1.165) is 12.1 Å². The van der Waals surface area contributed by atoms with Crippen LogP contribution in [-0.2, 0) is 9.47 Å². The van der Waals surface area contributed by atoms with Crippen LogP contribution in [-0.4, -0.2) is 68.5 Å². The van der Waals surface area contributed by atoms with Gasteiger partial charge in [0.25, 0.3) is 0 Å². The maximum atomic E-state index is 13.6. The molecule has 0 bridgehead atoms. The van der Waals surface area contributed by atoms with E-state index in [0.29, 0.717) is 6.42 Å². The lowest BCUT2D eigenvalue weighted by Gasteiger charge is -2.49. The molecule has 0 saturated carbocycles. The molecule has 2 aliphatic rings. The van der Waals surface area contributed by atoms with Gasteiger partial charge in [0.15, 0.2) is 17.5 Å². The SMILES string of the molecule is N[C@@H]1CCO[C@]12O[C@H](CO)[C@H](O)[C@H](n1cc(-c3cc(F)c(F)c(F)c3)cn1)[C@H]2O. The summed E-state index contributed by atoms with van der Waals surface area (Å²) in [6, 6.07) is -0.222. The Balaban J connectivity index is 1.72. The molecule has 0 unspecified atom stereocenters. The van der Waals surface area contributed by atoms with Gasteiger partial charge in [-0.3, -0.25) is 4.68 Å². The predicted molar refractivity (Wildman–Crippen MR) is 91.8 cm³/mol. The van der Waals surface area contributed by atoms with Crippen molar-refractivity contribution in [2.24, 2.45) is 5.73 Å². The largest absolute Gasteiger partial charge is 0.394 e. The molecular formula is C18H20F3N3O5. The van der Waals surface area contributed by atoms with E-state index in [1.807, 2.05) is 0 Å². The molecule has 2 saturated heterocycles. The zero-order valence-corrected chi connectivity index (χ0v) is 15.1. The minimum Gasteiger partial charge on any atom is -0.394 e. The third-order valence-corrected chi connectivity index (χ3v) is 5.48. The number of nitrogens with zero attached hydrogens (tertiary/aromatic N) is 2. The number of nitrogens with two attached hydrogens (primary N) is 1. The molecule has 29 heavy (non-hydrogen) atoms. The highest BCUT2D eigenvalue weighted by atomic mass is 19.2. The molecule has 11 heteroatoms. The Morgan fingerprint density at radius 2 is 1.90 bits per heavy atom. The van der Waals surface area contributed by atoms with Gasteiger partial charge in [0.1, 0.15) is 24.4 Å². The summed E-state index contributed by atoms with van der Waals surface area (Å²) in [5.41, 5.74) is 6.30. The molecule has 2 fully saturated rings. The maximum Gasteiger partial charge on any atom is 0.212 e. The highest BCUT2D eigenvalue weighted by molar-refractivity contribution is 5.62. The Bertz CT molecular complexity index is 890. The number of benzene rings is 1. The zero-order valence-electron chi connectivity index (χ0n) is 15.1. The normalized spacial score (nSPS) is 34.8. The van der Waals surface area contributed by atoms with Gasteiger partial charge in [-0.1, -0.05) is 0 Å². The molecule has 0 aliphatic carbocycles. The van der Waals surface area contributed by atoms with Crippen LogP contribution in [0.4, 0.5) is 13.2 Å². The fraction of sp³-hybridized carbons (Fsp3) is 0.500. The molecule has 2 aliphatic heterocycles. The lowest BCUT2D eigenvalue weighted by Crippen LogP contribution is -2.67. The first-order valence-corrected chi connectivity index (χ1v) is 9.02. The van der Waals surface area contributed by atoms with Gasteiger partial charge in [-0.25, -0.2) is 13.2 Å². The van der Waals surface area contributed by atoms with Crippen LogP contribution < -0.4 is 5.73 Å². The first-order valence-electron chi connectivity index (χ1n) is 9.02. The van der Waals surface area contributed by atoms with Gasteiger partial charge in [0.05, 0.1) is 25.5 Å². The second-order valence-corrected chi connectivity index (χ2v) is 7.19. The minimum atomic E-state index is -1.64. The maximum absolute atomic E-state index is 13.6. The van der Waals surface area contributed by atoms with E-state index in [4.69, 9.17) is 15.2 Å². The molecule has 0 amide bonds. The highest BCUT2D eigenvalue weighted by Crippen LogP contribution is 2.42. The van der Waals surface area contributed by atoms with Gasteiger partial charge >= 0.3 is 0 Å². The van der Waals surface area contributed by atoms with E-state index in [2.05, 4.69) is 5.10 Å². The second-order valence-electron chi connectivity index (χ2n) is 7.19. The van der Waals surface area contributed by atoms with E-state index in [1.54, 1.807) is 0 Å². The molecule has 2 aromatic rings. The van der Waals surface area contributed by atoms with Crippen molar-refractivity contribution < 1.29 is 38.0 Å². The topological polar surface area (TPSA) is 123 Å². The Morgan fingerprint density at radius 1 is 1.21 bits per heavy atom. The summed E-state index contributed by atoms with van der Waals surface area (Å²) in [4.78, 5) is 0. The van der Waals surface area contributed by atoms with E-state index < -0.39 is 60.2 Å².